The van der Waals surface area contributed by atoms with Crippen LogP contribution >= 0.6 is 0 Å². The van der Waals surface area contributed by atoms with Crippen molar-refractivity contribution in [1.29, 1.82) is 0 Å². The molecular weight excluding hydrogens is 244 g/mol. The van der Waals surface area contributed by atoms with Crippen LogP contribution in [0.3, 0.4) is 0 Å². The summed E-state index contributed by atoms with van der Waals surface area (Å²) < 4.78 is 0. The summed E-state index contributed by atoms with van der Waals surface area (Å²) in [6.07, 6.45) is 7.98. The molecule has 0 aromatic rings. The van der Waals surface area contributed by atoms with E-state index < -0.39 is 0 Å². The first-order valence-corrected chi connectivity index (χ1v) is 8.67. The zero-order valence-corrected chi connectivity index (χ0v) is 14.5. The van der Waals surface area contributed by atoms with E-state index in [2.05, 4.69) is 39.5 Å². The Morgan fingerprint density at radius 3 is 2.15 bits per heavy atom. The molecule has 2 heteroatoms. The van der Waals surface area contributed by atoms with Gasteiger partial charge in [0.05, 0.1) is 0 Å². The van der Waals surface area contributed by atoms with Gasteiger partial charge < -0.3 is 5.73 Å². The van der Waals surface area contributed by atoms with Crippen molar-refractivity contribution in [2.24, 2.45) is 22.5 Å². The molecule has 1 aliphatic carbocycles. The van der Waals surface area contributed by atoms with E-state index in [-0.39, 0.29) is 5.54 Å². The zero-order valence-electron chi connectivity index (χ0n) is 14.5. The summed E-state index contributed by atoms with van der Waals surface area (Å²) in [7, 11) is 0. The molecule has 0 spiro atoms. The monoisotopic (exact) mass is 280 g/mol. The van der Waals surface area contributed by atoms with Gasteiger partial charge in [-0.2, -0.15) is 0 Å². The van der Waals surface area contributed by atoms with Gasteiger partial charge in [-0.3, -0.25) is 4.90 Å². The van der Waals surface area contributed by atoms with Gasteiger partial charge in [-0.15, -0.1) is 0 Å². The molecule has 1 atom stereocenters. The van der Waals surface area contributed by atoms with Crippen molar-refractivity contribution in [3.05, 3.63) is 0 Å². The highest BCUT2D eigenvalue weighted by Gasteiger charge is 2.50. The van der Waals surface area contributed by atoms with E-state index in [4.69, 9.17) is 5.73 Å². The molecule has 1 unspecified atom stereocenters. The standard InChI is InChI=1S/C18H36N2/c1-6-7-15-8-9-20(10-15)18(14-19)12-16(2,3)11-17(4,5)13-18/h15H,6-14,19H2,1-5H3. The van der Waals surface area contributed by atoms with Gasteiger partial charge in [-0.25, -0.2) is 0 Å². The van der Waals surface area contributed by atoms with Crippen molar-refractivity contribution in [1.82, 2.24) is 4.90 Å². The first-order valence-electron chi connectivity index (χ1n) is 8.67. The van der Waals surface area contributed by atoms with E-state index in [1.54, 1.807) is 0 Å². The van der Waals surface area contributed by atoms with Crippen molar-refractivity contribution >= 4 is 0 Å². The lowest BCUT2D eigenvalue weighted by molar-refractivity contribution is -0.0349. The van der Waals surface area contributed by atoms with Crippen LogP contribution in [-0.4, -0.2) is 30.1 Å². The second-order valence-electron chi connectivity index (χ2n) is 9.18. The van der Waals surface area contributed by atoms with Gasteiger partial charge in [0.25, 0.3) is 0 Å². The Labute approximate surface area is 126 Å². The predicted molar refractivity (Wildman–Crippen MR) is 87.8 cm³/mol. The average Bonchev–Trinajstić information content (AvgIpc) is 2.74. The molecule has 0 bridgehead atoms. The third-order valence-corrected chi connectivity index (χ3v) is 5.61. The summed E-state index contributed by atoms with van der Waals surface area (Å²) in [5, 5.41) is 0. The van der Waals surface area contributed by atoms with Crippen molar-refractivity contribution in [3.63, 3.8) is 0 Å². The lowest BCUT2D eigenvalue weighted by Gasteiger charge is -2.55. The highest BCUT2D eigenvalue weighted by Crippen LogP contribution is 2.52. The molecule has 0 radical (unpaired) electrons. The minimum Gasteiger partial charge on any atom is -0.329 e. The van der Waals surface area contributed by atoms with Gasteiger partial charge in [-0.05, 0) is 55.4 Å². The zero-order chi connectivity index (χ0) is 15.0. The summed E-state index contributed by atoms with van der Waals surface area (Å²) in [5.74, 6) is 0.913. The Bertz CT molecular complexity index is 316. The fourth-order valence-corrected chi connectivity index (χ4v) is 5.67. The van der Waals surface area contributed by atoms with E-state index in [0.717, 1.165) is 12.5 Å². The Morgan fingerprint density at radius 1 is 1.05 bits per heavy atom. The molecule has 2 N–H and O–H groups in total. The maximum absolute atomic E-state index is 6.34. The summed E-state index contributed by atoms with van der Waals surface area (Å²) >= 11 is 0. The molecule has 20 heavy (non-hydrogen) atoms. The average molecular weight is 280 g/mol. The number of nitrogens with zero attached hydrogens (tertiary/aromatic N) is 1. The highest BCUT2D eigenvalue weighted by atomic mass is 15.2. The molecule has 2 rings (SSSR count). The van der Waals surface area contributed by atoms with Crippen LogP contribution < -0.4 is 5.73 Å². The second-order valence-corrected chi connectivity index (χ2v) is 9.18. The fraction of sp³-hybridized carbons (Fsp3) is 1.00. The number of hydrogen-bond acceptors (Lipinski definition) is 2. The van der Waals surface area contributed by atoms with Gasteiger partial charge in [0.2, 0.25) is 0 Å². The number of likely N-dealkylation sites (tertiary alicyclic amines) is 1. The molecule has 1 saturated carbocycles. The minimum atomic E-state index is 0.258. The van der Waals surface area contributed by atoms with Crippen molar-refractivity contribution in [2.75, 3.05) is 19.6 Å². The number of nitrogens with two attached hydrogens (primary N) is 1. The van der Waals surface area contributed by atoms with Crippen LogP contribution in [0.2, 0.25) is 0 Å². The maximum Gasteiger partial charge on any atom is 0.0342 e. The van der Waals surface area contributed by atoms with Crippen molar-refractivity contribution < 1.29 is 0 Å². The van der Waals surface area contributed by atoms with E-state index in [1.807, 2.05) is 0 Å². The molecule has 1 aliphatic heterocycles. The first-order chi connectivity index (χ1) is 9.22. The highest BCUT2D eigenvalue weighted by molar-refractivity contribution is 5.05. The summed E-state index contributed by atoms with van der Waals surface area (Å²) in [6.45, 7) is 15.5. The SMILES string of the molecule is CCCC1CCN(C2(CN)CC(C)(C)CC(C)(C)C2)C1. The van der Waals surface area contributed by atoms with Crippen LogP contribution in [0.1, 0.15) is 73.1 Å². The van der Waals surface area contributed by atoms with E-state index in [0.29, 0.717) is 10.8 Å². The molecule has 118 valence electrons. The fourth-order valence-electron chi connectivity index (χ4n) is 5.67. The van der Waals surface area contributed by atoms with Gasteiger partial charge >= 0.3 is 0 Å². The minimum absolute atomic E-state index is 0.258. The van der Waals surface area contributed by atoms with E-state index in [9.17, 15) is 0 Å². The van der Waals surface area contributed by atoms with Gasteiger partial charge in [-0.1, -0.05) is 41.0 Å². The normalized spacial score (nSPS) is 32.4. The Balaban J connectivity index is 2.17. The van der Waals surface area contributed by atoms with Crippen LogP contribution in [0.15, 0.2) is 0 Å². The van der Waals surface area contributed by atoms with Crippen LogP contribution in [0.25, 0.3) is 0 Å². The number of rotatable bonds is 4. The van der Waals surface area contributed by atoms with Gasteiger partial charge in [0.1, 0.15) is 0 Å². The molecule has 0 aromatic carbocycles. The van der Waals surface area contributed by atoms with Crippen LogP contribution in [0.5, 0.6) is 0 Å². The Kier molecular flexibility index (Phi) is 4.57. The van der Waals surface area contributed by atoms with Crippen molar-refractivity contribution in [2.45, 2.75) is 78.7 Å². The summed E-state index contributed by atoms with van der Waals surface area (Å²) in [5.41, 5.74) is 7.44. The van der Waals surface area contributed by atoms with Crippen LogP contribution in [-0.2, 0) is 0 Å². The Morgan fingerprint density at radius 2 is 1.65 bits per heavy atom. The van der Waals surface area contributed by atoms with Gasteiger partial charge in [0, 0.05) is 18.6 Å². The molecular formula is C18H36N2. The van der Waals surface area contributed by atoms with Crippen LogP contribution in [0.4, 0.5) is 0 Å². The molecule has 0 aromatic heterocycles. The molecule has 2 fully saturated rings. The predicted octanol–water partition coefficient (Wildman–Crippen LogP) is 4.04. The quantitative estimate of drug-likeness (QED) is 0.842. The maximum atomic E-state index is 6.34. The topological polar surface area (TPSA) is 29.3 Å². The first kappa shape index (κ1) is 16.3. The third kappa shape index (κ3) is 3.39. The molecule has 0 amide bonds. The lowest BCUT2D eigenvalue weighted by atomic mass is 9.58. The molecule has 1 heterocycles. The number of hydrogen-bond donors (Lipinski definition) is 1. The van der Waals surface area contributed by atoms with Crippen molar-refractivity contribution in [3.8, 4) is 0 Å². The largest absolute Gasteiger partial charge is 0.329 e. The third-order valence-electron chi connectivity index (χ3n) is 5.61. The smallest absolute Gasteiger partial charge is 0.0342 e. The van der Waals surface area contributed by atoms with E-state index in [1.165, 1.54) is 51.6 Å². The summed E-state index contributed by atoms with van der Waals surface area (Å²) in [4.78, 5) is 2.77. The second kappa shape index (κ2) is 5.61. The lowest BCUT2D eigenvalue weighted by Crippen LogP contribution is -2.60. The van der Waals surface area contributed by atoms with E-state index >= 15 is 0 Å². The summed E-state index contributed by atoms with van der Waals surface area (Å²) in [6, 6.07) is 0. The Hall–Kier alpha value is -0.0800. The molecule has 2 aliphatic rings. The van der Waals surface area contributed by atoms with Crippen LogP contribution in [0, 0.1) is 16.7 Å². The van der Waals surface area contributed by atoms with Gasteiger partial charge in [0.15, 0.2) is 0 Å². The molecule has 2 nitrogen and oxygen atoms in total. The molecule has 1 saturated heterocycles.